The third kappa shape index (κ3) is 2.99. The standard InChI is InChI=1S/C17H14ClNO2/c1-11(20)12-6-7-17(15(18)9-12)21-14-8-13-4-2-3-5-16(13)19-10-14/h2-11,20H,1H3/t11-/m1/s1. The summed E-state index contributed by atoms with van der Waals surface area (Å²) < 4.78 is 5.78. The highest BCUT2D eigenvalue weighted by Crippen LogP contribution is 2.32. The third-order valence-electron chi connectivity index (χ3n) is 3.23. The van der Waals surface area contributed by atoms with Crippen LogP contribution in [0, 0.1) is 0 Å². The molecular formula is C17H14ClNO2. The number of benzene rings is 2. The first-order valence-electron chi connectivity index (χ1n) is 6.63. The van der Waals surface area contributed by atoms with E-state index in [9.17, 15) is 5.11 Å². The highest BCUT2D eigenvalue weighted by molar-refractivity contribution is 6.32. The van der Waals surface area contributed by atoms with Gasteiger partial charge in [0.25, 0.3) is 0 Å². The van der Waals surface area contributed by atoms with E-state index in [1.54, 1.807) is 31.3 Å². The molecule has 0 amide bonds. The van der Waals surface area contributed by atoms with Gasteiger partial charge in [0.05, 0.1) is 22.8 Å². The minimum absolute atomic E-state index is 0.460. The lowest BCUT2D eigenvalue weighted by Crippen LogP contribution is -1.92. The molecular weight excluding hydrogens is 286 g/mol. The first-order chi connectivity index (χ1) is 10.1. The molecule has 0 aliphatic heterocycles. The average molecular weight is 300 g/mol. The van der Waals surface area contributed by atoms with E-state index in [0.29, 0.717) is 16.5 Å². The van der Waals surface area contributed by atoms with Crippen molar-refractivity contribution in [1.82, 2.24) is 4.98 Å². The Hall–Kier alpha value is -2.10. The van der Waals surface area contributed by atoms with Crippen molar-refractivity contribution in [3.63, 3.8) is 0 Å². The lowest BCUT2D eigenvalue weighted by molar-refractivity contribution is 0.199. The largest absolute Gasteiger partial charge is 0.454 e. The molecule has 1 aromatic heterocycles. The number of hydrogen-bond donors (Lipinski definition) is 1. The maximum absolute atomic E-state index is 9.54. The molecule has 0 saturated carbocycles. The Bertz CT molecular complexity index is 787. The molecule has 2 aromatic carbocycles. The number of rotatable bonds is 3. The van der Waals surface area contributed by atoms with E-state index in [1.165, 1.54) is 0 Å². The number of aliphatic hydroxyl groups is 1. The quantitative estimate of drug-likeness (QED) is 0.760. The van der Waals surface area contributed by atoms with Crippen LogP contribution in [0.25, 0.3) is 10.9 Å². The zero-order valence-corrected chi connectivity index (χ0v) is 12.2. The molecule has 0 bridgehead atoms. The van der Waals surface area contributed by atoms with Crippen LogP contribution in [0.1, 0.15) is 18.6 Å². The Balaban J connectivity index is 1.91. The van der Waals surface area contributed by atoms with E-state index in [4.69, 9.17) is 16.3 Å². The van der Waals surface area contributed by atoms with Crippen LogP contribution in [0.3, 0.4) is 0 Å². The Morgan fingerprint density at radius 1 is 1.14 bits per heavy atom. The number of aliphatic hydroxyl groups excluding tert-OH is 1. The molecule has 1 atom stereocenters. The summed E-state index contributed by atoms with van der Waals surface area (Å²) in [7, 11) is 0. The summed E-state index contributed by atoms with van der Waals surface area (Å²) in [5, 5.41) is 11.0. The summed E-state index contributed by atoms with van der Waals surface area (Å²) in [6.07, 6.45) is 1.11. The highest BCUT2D eigenvalue weighted by Gasteiger charge is 2.08. The van der Waals surface area contributed by atoms with Gasteiger partial charge in [0.2, 0.25) is 0 Å². The van der Waals surface area contributed by atoms with Gasteiger partial charge >= 0.3 is 0 Å². The molecule has 106 valence electrons. The zero-order valence-electron chi connectivity index (χ0n) is 11.5. The van der Waals surface area contributed by atoms with E-state index in [-0.39, 0.29) is 0 Å². The molecule has 0 aliphatic carbocycles. The van der Waals surface area contributed by atoms with Crippen LogP contribution in [0.4, 0.5) is 0 Å². The number of nitrogens with zero attached hydrogens (tertiary/aromatic N) is 1. The SMILES string of the molecule is C[C@@H](O)c1ccc(Oc2cnc3ccccc3c2)c(Cl)c1. The number of fused-ring (bicyclic) bond motifs is 1. The maximum atomic E-state index is 9.54. The molecule has 3 aromatic rings. The lowest BCUT2D eigenvalue weighted by Gasteiger charge is -2.10. The second-order valence-electron chi connectivity index (χ2n) is 4.83. The molecule has 3 nitrogen and oxygen atoms in total. The number of para-hydroxylation sites is 1. The summed E-state index contributed by atoms with van der Waals surface area (Å²) >= 11 is 6.19. The minimum atomic E-state index is -0.557. The van der Waals surface area contributed by atoms with Gasteiger partial charge < -0.3 is 9.84 Å². The van der Waals surface area contributed by atoms with Crippen molar-refractivity contribution in [2.45, 2.75) is 13.0 Å². The van der Waals surface area contributed by atoms with E-state index in [0.717, 1.165) is 16.5 Å². The predicted molar refractivity (Wildman–Crippen MR) is 83.9 cm³/mol. The maximum Gasteiger partial charge on any atom is 0.146 e. The zero-order chi connectivity index (χ0) is 14.8. The van der Waals surface area contributed by atoms with Crippen molar-refractivity contribution in [1.29, 1.82) is 0 Å². The van der Waals surface area contributed by atoms with Crippen molar-refractivity contribution in [3.8, 4) is 11.5 Å². The van der Waals surface area contributed by atoms with Gasteiger partial charge in [-0.05, 0) is 36.8 Å². The van der Waals surface area contributed by atoms with Gasteiger partial charge in [-0.2, -0.15) is 0 Å². The summed E-state index contributed by atoms with van der Waals surface area (Å²) in [5.74, 6) is 1.17. The summed E-state index contributed by atoms with van der Waals surface area (Å²) in [5.41, 5.74) is 1.67. The van der Waals surface area contributed by atoms with E-state index in [2.05, 4.69) is 4.98 Å². The fourth-order valence-corrected chi connectivity index (χ4v) is 2.32. The fraction of sp³-hybridized carbons (Fsp3) is 0.118. The van der Waals surface area contributed by atoms with Crippen molar-refractivity contribution in [2.24, 2.45) is 0 Å². The normalized spacial score (nSPS) is 12.3. The number of hydrogen-bond acceptors (Lipinski definition) is 3. The Morgan fingerprint density at radius 3 is 2.71 bits per heavy atom. The molecule has 4 heteroatoms. The van der Waals surface area contributed by atoms with Gasteiger partial charge in [-0.3, -0.25) is 4.98 Å². The molecule has 0 aliphatic rings. The molecule has 3 rings (SSSR count). The average Bonchev–Trinajstić information content (AvgIpc) is 2.49. The Kier molecular flexibility index (Phi) is 3.78. The van der Waals surface area contributed by atoms with Gasteiger partial charge in [-0.1, -0.05) is 35.9 Å². The van der Waals surface area contributed by atoms with E-state index in [1.807, 2.05) is 30.3 Å². The molecule has 0 radical (unpaired) electrons. The number of ether oxygens (including phenoxy) is 1. The molecule has 0 fully saturated rings. The van der Waals surface area contributed by atoms with Gasteiger partial charge in [0, 0.05) is 5.39 Å². The van der Waals surface area contributed by atoms with E-state index < -0.39 is 6.10 Å². The van der Waals surface area contributed by atoms with Crippen molar-refractivity contribution in [3.05, 3.63) is 65.3 Å². The Labute approximate surface area is 127 Å². The summed E-state index contributed by atoms with van der Waals surface area (Å²) in [6, 6.07) is 15.0. The van der Waals surface area contributed by atoms with Crippen LogP contribution >= 0.6 is 11.6 Å². The minimum Gasteiger partial charge on any atom is -0.454 e. The first kappa shape index (κ1) is 13.9. The van der Waals surface area contributed by atoms with Crippen LogP contribution in [0.15, 0.2) is 54.7 Å². The van der Waals surface area contributed by atoms with Gasteiger partial charge in [-0.15, -0.1) is 0 Å². The number of aromatic nitrogens is 1. The predicted octanol–water partition coefficient (Wildman–Crippen LogP) is 4.73. The smallest absolute Gasteiger partial charge is 0.146 e. The van der Waals surface area contributed by atoms with Crippen LogP contribution in [-0.2, 0) is 0 Å². The molecule has 0 saturated heterocycles. The van der Waals surface area contributed by atoms with Gasteiger partial charge in [0.1, 0.15) is 11.5 Å². The van der Waals surface area contributed by atoms with Crippen LogP contribution < -0.4 is 4.74 Å². The number of halogens is 1. The second kappa shape index (κ2) is 5.72. The summed E-state index contributed by atoms with van der Waals surface area (Å²) in [6.45, 7) is 1.69. The lowest BCUT2D eigenvalue weighted by atomic mass is 10.1. The van der Waals surface area contributed by atoms with Crippen molar-refractivity contribution >= 4 is 22.5 Å². The second-order valence-corrected chi connectivity index (χ2v) is 5.24. The molecule has 0 unspecified atom stereocenters. The van der Waals surface area contributed by atoms with Crippen molar-refractivity contribution in [2.75, 3.05) is 0 Å². The van der Waals surface area contributed by atoms with Crippen LogP contribution in [0.2, 0.25) is 5.02 Å². The highest BCUT2D eigenvalue weighted by atomic mass is 35.5. The third-order valence-corrected chi connectivity index (χ3v) is 3.53. The van der Waals surface area contributed by atoms with Gasteiger partial charge in [0.15, 0.2) is 0 Å². The molecule has 1 N–H and O–H groups in total. The molecule has 21 heavy (non-hydrogen) atoms. The Morgan fingerprint density at radius 2 is 1.95 bits per heavy atom. The molecule has 0 spiro atoms. The van der Waals surface area contributed by atoms with Crippen LogP contribution in [-0.4, -0.2) is 10.1 Å². The molecule has 1 heterocycles. The topological polar surface area (TPSA) is 42.4 Å². The fourth-order valence-electron chi connectivity index (χ4n) is 2.09. The monoisotopic (exact) mass is 299 g/mol. The van der Waals surface area contributed by atoms with E-state index >= 15 is 0 Å². The van der Waals surface area contributed by atoms with Crippen molar-refractivity contribution < 1.29 is 9.84 Å². The number of pyridine rings is 1. The van der Waals surface area contributed by atoms with Gasteiger partial charge in [-0.25, -0.2) is 0 Å². The van der Waals surface area contributed by atoms with Crippen LogP contribution in [0.5, 0.6) is 11.5 Å². The summed E-state index contributed by atoms with van der Waals surface area (Å²) in [4.78, 5) is 4.34. The first-order valence-corrected chi connectivity index (χ1v) is 7.01.